The molecule has 2 aromatic rings. The number of amides is 2. The molecule has 0 aliphatic rings. The number of carbonyl (C=O) groups excluding carboxylic acids is 2. The summed E-state index contributed by atoms with van der Waals surface area (Å²) in [5, 5.41) is 3.18. The molecule has 0 unspecified atom stereocenters. The van der Waals surface area contributed by atoms with Crippen molar-refractivity contribution in [3.63, 3.8) is 0 Å². The van der Waals surface area contributed by atoms with E-state index in [1.165, 1.54) is 4.90 Å². The summed E-state index contributed by atoms with van der Waals surface area (Å²) in [5.74, 6) is -0.561. The smallest absolute Gasteiger partial charge is 0.264 e. The van der Waals surface area contributed by atoms with E-state index in [0.29, 0.717) is 11.5 Å². The van der Waals surface area contributed by atoms with Crippen LogP contribution in [0.3, 0.4) is 0 Å². The maximum absolute atomic E-state index is 12.9. The van der Waals surface area contributed by atoms with Crippen molar-refractivity contribution in [2.75, 3.05) is 18.4 Å². The molecule has 0 saturated heterocycles. The second-order valence-electron chi connectivity index (χ2n) is 7.59. The number of para-hydroxylation sites is 1. The molecule has 0 radical (unpaired) electrons. The van der Waals surface area contributed by atoms with Crippen LogP contribution in [0.25, 0.3) is 0 Å². The Morgan fingerprint density at radius 3 is 2.28 bits per heavy atom. The molecule has 0 aliphatic heterocycles. The monoisotopic (exact) mass is 438 g/mol. The first-order valence-electron chi connectivity index (χ1n) is 9.10. The predicted molar refractivity (Wildman–Crippen MR) is 115 cm³/mol. The number of rotatable bonds is 5. The molecule has 29 heavy (non-hydrogen) atoms. The Bertz CT molecular complexity index is 976. The van der Waals surface area contributed by atoms with Gasteiger partial charge in [-0.2, -0.15) is 0 Å². The summed E-state index contributed by atoms with van der Waals surface area (Å²) in [5.41, 5.74) is -0.389. The summed E-state index contributed by atoms with van der Waals surface area (Å²) in [7, 11) is 0. The van der Waals surface area contributed by atoms with Crippen LogP contribution in [0.4, 0.5) is 5.69 Å². The van der Waals surface area contributed by atoms with Crippen LogP contribution in [0.5, 0.6) is 0 Å². The van der Waals surface area contributed by atoms with Gasteiger partial charge in [-0.3, -0.25) is 14.4 Å². The average Bonchev–Trinajstić information content (AvgIpc) is 2.61. The number of aryl methyl sites for hydroxylation is 1. The molecule has 2 amide bonds. The Balaban J connectivity index is 2.25. The highest BCUT2D eigenvalue weighted by Crippen LogP contribution is 2.29. The summed E-state index contributed by atoms with van der Waals surface area (Å²) in [6, 6.07) is 4.85. The minimum absolute atomic E-state index is 0.0802. The van der Waals surface area contributed by atoms with Crippen LogP contribution in [0, 0.1) is 6.92 Å². The van der Waals surface area contributed by atoms with Crippen molar-refractivity contribution in [2.24, 2.45) is 0 Å². The summed E-state index contributed by atoms with van der Waals surface area (Å²) < 4.78 is 0. The summed E-state index contributed by atoms with van der Waals surface area (Å²) >= 11 is 12.1. The normalized spacial score (nSPS) is 11.3. The maximum atomic E-state index is 12.9. The Morgan fingerprint density at radius 2 is 1.79 bits per heavy atom. The van der Waals surface area contributed by atoms with Crippen LogP contribution >= 0.6 is 23.2 Å². The Morgan fingerprint density at radius 1 is 1.21 bits per heavy atom. The summed E-state index contributed by atoms with van der Waals surface area (Å²) in [4.78, 5) is 46.3. The van der Waals surface area contributed by atoms with E-state index in [-0.39, 0.29) is 39.8 Å². The minimum Gasteiger partial charge on any atom is -0.329 e. The van der Waals surface area contributed by atoms with Gasteiger partial charge in [-0.25, -0.2) is 4.98 Å². The van der Waals surface area contributed by atoms with Crippen molar-refractivity contribution in [3.8, 4) is 0 Å². The lowest BCUT2D eigenvalue weighted by atomic mass is 9.95. The van der Waals surface area contributed by atoms with E-state index in [4.69, 9.17) is 23.2 Å². The van der Waals surface area contributed by atoms with E-state index in [0.717, 1.165) is 0 Å². The maximum Gasteiger partial charge on any atom is 0.264 e. The zero-order chi connectivity index (χ0) is 21.9. The molecule has 1 heterocycles. The summed E-state index contributed by atoms with van der Waals surface area (Å²) in [6.07, 6.45) is 0. The van der Waals surface area contributed by atoms with E-state index in [2.05, 4.69) is 15.3 Å². The highest BCUT2D eigenvalue weighted by atomic mass is 35.5. The average molecular weight is 439 g/mol. The number of nitrogens with zero attached hydrogens (tertiary/aromatic N) is 2. The Kier molecular flexibility index (Phi) is 7.08. The standard InChI is InChI=1S/C20H24Cl2N4O3/c1-6-26(10-14(27)24-16-12(21)8-7-9-13(16)22)18(29)15-11(2)23-19(20(3,4)5)25-17(15)28/h7-9H,6,10H2,1-5H3,(H,24,27)(H,23,25,28). The molecule has 2 N–H and O–H groups in total. The highest BCUT2D eigenvalue weighted by molar-refractivity contribution is 6.39. The second kappa shape index (κ2) is 8.97. The third-order valence-corrected chi connectivity index (χ3v) is 4.89. The quantitative estimate of drug-likeness (QED) is 0.741. The van der Waals surface area contributed by atoms with Crippen molar-refractivity contribution < 1.29 is 9.59 Å². The SMILES string of the molecule is CCN(CC(=O)Nc1c(Cl)cccc1Cl)C(=O)c1c(C)nc(C(C)(C)C)[nH]c1=O. The molecular weight excluding hydrogens is 415 g/mol. The van der Waals surface area contributed by atoms with Gasteiger partial charge in [-0.05, 0) is 26.0 Å². The van der Waals surface area contributed by atoms with Gasteiger partial charge in [0, 0.05) is 12.0 Å². The van der Waals surface area contributed by atoms with Gasteiger partial charge in [0.05, 0.1) is 21.4 Å². The van der Waals surface area contributed by atoms with Crippen LogP contribution in [0.1, 0.15) is 49.6 Å². The number of nitrogens with one attached hydrogen (secondary N) is 2. The van der Waals surface area contributed by atoms with Gasteiger partial charge in [0.15, 0.2) is 0 Å². The number of likely N-dealkylation sites (N-methyl/N-ethyl adjacent to an activating group) is 1. The van der Waals surface area contributed by atoms with E-state index in [1.807, 2.05) is 20.8 Å². The van der Waals surface area contributed by atoms with Gasteiger partial charge in [-0.15, -0.1) is 0 Å². The lowest BCUT2D eigenvalue weighted by Crippen LogP contribution is -2.41. The molecule has 156 valence electrons. The van der Waals surface area contributed by atoms with Crippen LogP contribution in [-0.4, -0.2) is 39.8 Å². The zero-order valence-corrected chi connectivity index (χ0v) is 18.5. The first-order valence-corrected chi connectivity index (χ1v) is 9.85. The largest absolute Gasteiger partial charge is 0.329 e. The van der Waals surface area contributed by atoms with Crippen LogP contribution in [-0.2, 0) is 10.2 Å². The molecule has 0 saturated carbocycles. The first-order chi connectivity index (χ1) is 13.5. The van der Waals surface area contributed by atoms with Crippen molar-refractivity contribution in [1.29, 1.82) is 0 Å². The highest BCUT2D eigenvalue weighted by Gasteiger charge is 2.26. The number of aromatic nitrogens is 2. The summed E-state index contributed by atoms with van der Waals surface area (Å²) in [6.45, 7) is 9.01. The molecule has 0 atom stereocenters. The van der Waals surface area contributed by atoms with Gasteiger partial charge < -0.3 is 15.2 Å². The van der Waals surface area contributed by atoms with Crippen LogP contribution < -0.4 is 10.9 Å². The Labute approximate surface area is 179 Å². The Hall–Kier alpha value is -2.38. The van der Waals surface area contributed by atoms with E-state index >= 15 is 0 Å². The third kappa shape index (κ3) is 5.36. The number of hydrogen-bond donors (Lipinski definition) is 2. The number of carbonyl (C=O) groups is 2. The fourth-order valence-corrected chi connectivity index (χ4v) is 3.14. The molecule has 1 aromatic carbocycles. The van der Waals surface area contributed by atoms with Crippen molar-refractivity contribution in [3.05, 3.63) is 55.7 Å². The van der Waals surface area contributed by atoms with Crippen LogP contribution in [0.15, 0.2) is 23.0 Å². The molecule has 0 fully saturated rings. The lowest BCUT2D eigenvalue weighted by molar-refractivity contribution is -0.116. The molecule has 0 bridgehead atoms. The molecule has 0 spiro atoms. The number of halogens is 2. The second-order valence-corrected chi connectivity index (χ2v) is 8.40. The molecule has 1 aromatic heterocycles. The van der Waals surface area contributed by atoms with E-state index < -0.39 is 17.4 Å². The van der Waals surface area contributed by atoms with Crippen molar-refractivity contribution in [1.82, 2.24) is 14.9 Å². The van der Waals surface area contributed by atoms with Gasteiger partial charge in [0.2, 0.25) is 5.91 Å². The van der Waals surface area contributed by atoms with Crippen molar-refractivity contribution in [2.45, 2.75) is 40.0 Å². The third-order valence-electron chi connectivity index (χ3n) is 4.26. The molecule has 0 aliphatic carbocycles. The fraction of sp³-hybridized carbons (Fsp3) is 0.400. The zero-order valence-electron chi connectivity index (χ0n) is 17.0. The number of anilines is 1. The molecule has 9 heteroatoms. The van der Waals surface area contributed by atoms with Crippen LogP contribution in [0.2, 0.25) is 10.0 Å². The predicted octanol–water partition coefficient (Wildman–Crippen LogP) is 3.78. The van der Waals surface area contributed by atoms with E-state index in [1.54, 1.807) is 32.0 Å². The fourth-order valence-electron chi connectivity index (χ4n) is 2.65. The van der Waals surface area contributed by atoms with Gasteiger partial charge in [0.25, 0.3) is 11.5 Å². The number of benzene rings is 1. The molecule has 7 nitrogen and oxygen atoms in total. The van der Waals surface area contributed by atoms with E-state index in [9.17, 15) is 14.4 Å². The van der Waals surface area contributed by atoms with Gasteiger partial charge in [0.1, 0.15) is 17.9 Å². The van der Waals surface area contributed by atoms with Crippen molar-refractivity contribution >= 4 is 40.7 Å². The molecular formula is C20H24Cl2N4O3. The van der Waals surface area contributed by atoms with Gasteiger partial charge in [-0.1, -0.05) is 50.0 Å². The first kappa shape index (κ1) is 22.9. The number of H-pyrrole nitrogens is 1. The number of aromatic amines is 1. The van der Waals surface area contributed by atoms with Gasteiger partial charge >= 0.3 is 0 Å². The number of hydrogen-bond acceptors (Lipinski definition) is 4. The topological polar surface area (TPSA) is 95.2 Å². The lowest BCUT2D eigenvalue weighted by Gasteiger charge is -2.22. The minimum atomic E-state index is -0.570. The molecule has 2 rings (SSSR count).